The monoisotopic (exact) mass is 453 g/mol. The molecule has 1 atom stereocenters. The highest BCUT2D eigenvalue weighted by Crippen LogP contribution is 2.34. The van der Waals surface area contributed by atoms with Crippen LogP contribution < -0.4 is 26.4 Å². The molecule has 0 aromatic carbocycles. The highest BCUT2D eigenvalue weighted by Gasteiger charge is 2.24. The molecule has 0 bridgehead atoms. The summed E-state index contributed by atoms with van der Waals surface area (Å²) in [4.78, 5) is 33.0. The Morgan fingerprint density at radius 3 is 2.70 bits per heavy atom. The Kier molecular flexibility index (Phi) is 7.00. The van der Waals surface area contributed by atoms with E-state index in [-0.39, 0.29) is 17.5 Å². The molecule has 6 N–H and O–H groups in total. The summed E-state index contributed by atoms with van der Waals surface area (Å²) in [5.74, 6) is 2.02. The number of H-pyrrole nitrogens is 1. The van der Waals surface area contributed by atoms with Crippen molar-refractivity contribution in [1.29, 1.82) is 0 Å². The number of urea groups is 1. The van der Waals surface area contributed by atoms with Crippen LogP contribution in [0.5, 0.6) is 5.75 Å². The van der Waals surface area contributed by atoms with E-state index in [1.54, 1.807) is 32.6 Å². The molecule has 0 aliphatic heterocycles. The van der Waals surface area contributed by atoms with Gasteiger partial charge in [-0.2, -0.15) is 0 Å². The van der Waals surface area contributed by atoms with Crippen LogP contribution in [-0.2, 0) is 5.41 Å². The van der Waals surface area contributed by atoms with Crippen LogP contribution in [0, 0.1) is 0 Å². The Morgan fingerprint density at radius 2 is 2.03 bits per heavy atom. The number of ether oxygens (including phenoxy) is 1. The lowest BCUT2D eigenvalue weighted by molar-refractivity contribution is 0.240. The van der Waals surface area contributed by atoms with Gasteiger partial charge in [0.2, 0.25) is 5.95 Å². The van der Waals surface area contributed by atoms with Gasteiger partial charge in [-0.1, -0.05) is 20.8 Å². The lowest BCUT2D eigenvalue weighted by Gasteiger charge is -2.14. The first-order chi connectivity index (χ1) is 15.6. The van der Waals surface area contributed by atoms with E-state index in [0.29, 0.717) is 35.4 Å². The van der Waals surface area contributed by atoms with Gasteiger partial charge in [0.15, 0.2) is 11.6 Å². The fraction of sp³-hybridized carbons (Fsp3) is 0.409. The maximum absolute atomic E-state index is 11.5. The van der Waals surface area contributed by atoms with Crippen LogP contribution in [0.1, 0.15) is 33.5 Å². The summed E-state index contributed by atoms with van der Waals surface area (Å²) in [6.45, 7) is 8.58. The molecule has 3 aromatic rings. The van der Waals surface area contributed by atoms with Gasteiger partial charge >= 0.3 is 6.03 Å². The fourth-order valence-electron chi connectivity index (χ4n) is 3.05. The number of nitrogens with two attached hydrogens (primary N) is 1. The molecule has 176 valence electrons. The summed E-state index contributed by atoms with van der Waals surface area (Å²) in [6, 6.07) is 3.24. The van der Waals surface area contributed by atoms with Gasteiger partial charge in [0.05, 0.1) is 24.2 Å². The smallest absolute Gasteiger partial charge is 0.314 e. The third kappa shape index (κ3) is 5.68. The van der Waals surface area contributed by atoms with Crippen molar-refractivity contribution >= 4 is 17.8 Å². The van der Waals surface area contributed by atoms with Crippen LogP contribution in [0.4, 0.5) is 16.6 Å². The Bertz CT molecular complexity index is 1120. The summed E-state index contributed by atoms with van der Waals surface area (Å²) < 4.78 is 5.34. The van der Waals surface area contributed by atoms with Crippen LogP contribution in [0.3, 0.4) is 0 Å². The summed E-state index contributed by atoms with van der Waals surface area (Å²) in [5, 5.41) is 8.49. The first kappa shape index (κ1) is 23.8. The number of carbonyl (C=O) groups excluding carboxylic acids is 1. The number of rotatable bonds is 7. The molecule has 2 amide bonds. The van der Waals surface area contributed by atoms with Crippen molar-refractivity contribution in [3.8, 4) is 28.4 Å². The number of hydrogen-bond donors (Lipinski definition) is 5. The maximum atomic E-state index is 11.5. The zero-order chi connectivity index (χ0) is 24.2. The average molecular weight is 454 g/mol. The summed E-state index contributed by atoms with van der Waals surface area (Å²) in [6.07, 6.45) is 3.33. The third-order valence-electron chi connectivity index (χ3n) is 4.87. The highest BCUT2D eigenvalue weighted by atomic mass is 16.5. The van der Waals surface area contributed by atoms with Crippen molar-refractivity contribution in [1.82, 2.24) is 35.6 Å². The van der Waals surface area contributed by atoms with Gasteiger partial charge in [-0.15, -0.1) is 0 Å². The van der Waals surface area contributed by atoms with E-state index in [9.17, 15) is 4.79 Å². The Balaban J connectivity index is 1.96. The first-order valence-electron chi connectivity index (χ1n) is 10.6. The topological polar surface area (TPSA) is 156 Å². The molecule has 11 heteroatoms. The van der Waals surface area contributed by atoms with E-state index in [2.05, 4.69) is 56.7 Å². The molecule has 0 unspecified atom stereocenters. The number of amides is 2. The van der Waals surface area contributed by atoms with E-state index in [1.807, 2.05) is 13.0 Å². The number of pyridine rings is 1. The van der Waals surface area contributed by atoms with E-state index in [0.717, 1.165) is 17.1 Å². The predicted molar refractivity (Wildman–Crippen MR) is 128 cm³/mol. The molecule has 0 aliphatic rings. The van der Waals surface area contributed by atoms with Crippen LogP contribution in [0.2, 0.25) is 0 Å². The molecule has 0 fully saturated rings. The molecule has 0 saturated heterocycles. The number of carbonyl (C=O) groups is 1. The van der Waals surface area contributed by atoms with Gasteiger partial charge in [-0.3, -0.25) is 0 Å². The predicted octanol–water partition coefficient (Wildman–Crippen LogP) is 2.55. The lowest BCUT2D eigenvalue weighted by atomic mass is 9.96. The number of aromatic amines is 1. The van der Waals surface area contributed by atoms with Crippen LogP contribution in [0.15, 0.2) is 24.5 Å². The van der Waals surface area contributed by atoms with Gasteiger partial charge in [-0.05, 0) is 19.1 Å². The minimum Gasteiger partial charge on any atom is -0.493 e. The van der Waals surface area contributed by atoms with Crippen LogP contribution >= 0.6 is 0 Å². The van der Waals surface area contributed by atoms with E-state index in [4.69, 9.17) is 15.5 Å². The second-order valence-electron chi connectivity index (χ2n) is 8.64. The molecule has 3 rings (SSSR count). The van der Waals surface area contributed by atoms with E-state index in [1.165, 1.54) is 0 Å². The molecule has 0 saturated carbocycles. The minimum atomic E-state index is -0.247. The number of imidazole rings is 1. The first-order valence-corrected chi connectivity index (χ1v) is 10.6. The van der Waals surface area contributed by atoms with Gasteiger partial charge in [0.25, 0.3) is 0 Å². The van der Waals surface area contributed by atoms with Crippen molar-refractivity contribution in [2.24, 2.45) is 0 Å². The molecular formula is C22H31N9O2. The standard InChI is InChI=1S/C22H31N9O2/c1-12(28-21(32)24-5)10-27-20-25-8-7-14(29-20)17-16(30-19(31-17)22(2,3)4)13-9-15(33-6)18(23)26-11-13/h7-9,11-12H,10H2,1-6H3,(H2,23,26)(H,30,31)(H2,24,28,32)(H,25,27,29)/t12-/m0/s1. The number of hydrogen-bond acceptors (Lipinski definition) is 8. The van der Waals surface area contributed by atoms with E-state index < -0.39 is 0 Å². The summed E-state index contributed by atoms with van der Waals surface area (Å²) in [5.41, 5.74) is 8.51. The normalized spacial score (nSPS) is 12.2. The second-order valence-corrected chi connectivity index (χ2v) is 8.64. The van der Waals surface area contributed by atoms with Crippen molar-refractivity contribution in [3.05, 3.63) is 30.4 Å². The highest BCUT2D eigenvalue weighted by molar-refractivity contribution is 5.78. The quantitative estimate of drug-likeness (QED) is 0.365. The number of nitrogens with zero attached hydrogens (tertiary/aromatic N) is 4. The number of anilines is 2. The molecule has 11 nitrogen and oxygen atoms in total. The largest absolute Gasteiger partial charge is 0.493 e. The van der Waals surface area contributed by atoms with Gasteiger partial charge in [-0.25, -0.2) is 24.7 Å². The average Bonchev–Trinajstić information content (AvgIpc) is 3.24. The minimum absolute atomic E-state index is 0.124. The molecule has 0 aliphatic carbocycles. The molecule has 33 heavy (non-hydrogen) atoms. The van der Waals surface area contributed by atoms with Gasteiger partial charge in [0, 0.05) is 43.0 Å². The van der Waals surface area contributed by atoms with Crippen LogP contribution in [-0.4, -0.2) is 57.7 Å². The third-order valence-corrected chi connectivity index (χ3v) is 4.87. The van der Waals surface area contributed by atoms with E-state index >= 15 is 0 Å². The van der Waals surface area contributed by atoms with Crippen molar-refractivity contribution in [2.45, 2.75) is 39.2 Å². The Labute approximate surface area is 193 Å². The SMILES string of the molecule is CNC(=O)N[C@@H](C)CNc1nccc(-c2[nH]c(C(C)(C)C)nc2-c2cnc(N)c(OC)c2)n1. The molecule has 0 spiro atoms. The number of aromatic nitrogens is 5. The number of nitrogen functional groups attached to an aromatic ring is 1. The maximum Gasteiger partial charge on any atom is 0.314 e. The Morgan fingerprint density at radius 1 is 1.27 bits per heavy atom. The summed E-state index contributed by atoms with van der Waals surface area (Å²) in [7, 11) is 3.12. The number of nitrogens with one attached hydrogen (secondary N) is 4. The van der Waals surface area contributed by atoms with Crippen molar-refractivity contribution in [3.63, 3.8) is 0 Å². The molecular weight excluding hydrogens is 422 g/mol. The van der Waals surface area contributed by atoms with Gasteiger partial charge in [0.1, 0.15) is 5.82 Å². The van der Waals surface area contributed by atoms with Crippen molar-refractivity contribution in [2.75, 3.05) is 31.8 Å². The number of methoxy groups -OCH3 is 1. The molecule has 3 aromatic heterocycles. The Hall–Kier alpha value is -3.89. The lowest BCUT2D eigenvalue weighted by Crippen LogP contribution is -2.42. The molecule has 3 heterocycles. The zero-order valence-corrected chi connectivity index (χ0v) is 19.8. The second kappa shape index (κ2) is 9.72. The van der Waals surface area contributed by atoms with Crippen LogP contribution in [0.25, 0.3) is 22.6 Å². The molecule has 0 radical (unpaired) electrons. The van der Waals surface area contributed by atoms with Gasteiger partial charge < -0.3 is 31.4 Å². The fourth-order valence-corrected chi connectivity index (χ4v) is 3.05. The summed E-state index contributed by atoms with van der Waals surface area (Å²) >= 11 is 0. The van der Waals surface area contributed by atoms with Crippen molar-refractivity contribution < 1.29 is 9.53 Å². The zero-order valence-electron chi connectivity index (χ0n) is 19.8.